The van der Waals surface area contributed by atoms with Crippen LogP contribution in [0.3, 0.4) is 0 Å². The second-order valence-corrected chi connectivity index (χ2v) is 8.24. The van der Waals surface area contributed by atoms with Crippen molar-refractivity contribution in [2.45, 2.75) is 25.0 Å². The molecule has 0 fully saturated rings. The van der Waals surface area contributed by atoms with Crippen molar-refractivity contribution in [3.8, 4) is 16.9 Å². The van der Waals surface area contributed by atoms with Crippen LogP contribution in [0, 0.1) is 5.82 Å². The second-order valence-electron chi connectivity index (χ2n) is 7.83. The molecule has 4 rings (SSSR count). The van der Waals surface area contributed by atoms with E-state index >= 15 is 0 Å². The van der Waals surface area contributed by atoms with Gasteiger partial charge in [0, 0.05) is 13.1 Å². The summed E-state index contributed by atoms with van der Waals surface area (Å²) in [7, 11) is 0. The minimum Gasteiger partial charge on any atom is -0.489 e. The molecule has 0 saturated carbocycles. The zero-order valence-corrected chi connectivity index (χ0v) is 18.0. The topological polar surface area (TPSA) is 78.8 Å². The normalized spacial score (nSPS) is 16.2. The van der Waals surface area contributed by atoms with Crippen molar-refractivity contribution >= 4 is 17.6 Å². The highest BCUT2D eigenvalue weighted by Gasteiger charge is 2.21. The van der Waals surface area contributed by atoms with Crippen LogP contribution in [0.1, 0.15) is 34.0 Å². The highest BCUT2D eigenvalue weighted by Crippen LogP contribution is 2.32. The molecule has 1 heterocycles. The van der Waals surface area contributed by atoms with E-state index in [9.17, 15) is 14.3 Å². The number of halogens is 2. The number of hydrogen-bond donors (Lipinski definition) is 3. The minimum absolute atomic E-state index is 0.0302. The third-order valence-corrected chi connectivity index (χ3v) is 5.90. The monoisotopic (exact) mass is 455 g/mol. The highest BCUT2D eigenvalue weighted by molar-refractivity contribution is 6.30. The van der Waals surface area contributed by atoms with Crippen molar-refractivity contribution in [1.29, 1.82) is 0 Å². The number of aliphatic hydroxyl groups is 1. The van der Waals surface area contributed by atoms with Crippen molar-refractivity contribution in [2.75, 3.05) is 13.1 Å². The van der Waals surface area contributed by atoms with Gasteiger partial charge in [-0.3, -0.25) is 0 Å². The van der Waals surface area contributed by atoms with Gasteiger partial charge in [-0.05, 0) is 71.5 Å². The Bertz CT molecular complexity index is 1120. The van der Waals surface area contributed by atoms with E-state index in [-0.39, 0.29) is 23.2 Å². The first-order valence-electron chi connectivity index (χ1n) is 10.4. The Hall–Kier alpha value is -2.93. The summed E-state index contributed by atoms with van der Waals surface area (Å²) < 4.78 is 19.7. The fourth-order valence-corrected chi connectivity index (χ4v) is 3.91. The Morgan fingerprint density at radius 3 is 2.59 bits per heavy atom. The smallest absolute Gasteiger partial charge is 0.335 e. The lowest BCUT2D eigenvalue weighted by Gasteiger charge is -2.27. The molecule has 5 nitrogen and oxygen atoms in total. The molecule has 32 heavy (non-hydrogen) atoms. The molecule has 0 amide bonds. The summed E-state index contributed by atoms with van der Waals surface area (Å²) in [6.07, 6.45) is 0.811. The number of carboxylic acid groups (broad SMARTS) is 1. The van der Waals surface area contributed by atoms with Gasteiger partial charge < -0.3 is 20.3 Å². The number of aryl methyl sites for hydroxylation is 1. The Labute approximate surface area is 190 Å². The van der Waals surface area contributed by atoms with Crippen LogP contribution in [0.5, 0.6) is 5.75 Å². The number of rotatable bonds is 7. The summed E-state index contributed by atoms with van der Waals surface area (Å²) in [5.41, 5.74) is 3.81. The quantitative estimate of drug-likeness (QED) is 0.474. The van der Waals surface area contributed by atoms with Gasteiger partial charge in [0.2, 0.25) is 0 Å². The largest absolute Gasteiger partial charge is 0.489 e. The lowest BCUT2D eigenvalue weighted by molar-refractivity contribution is 0.0697. The molecule has 7 heteroatoms. The van der Waals surface area contributed by atoms with Gasteiger partial charge in [-0.2, -0.15) is 0 Å². The Morgan fingerprint density at radius 2 is 1.88 bits per heavy atom. The molecular formula is C25H23ClFNO4. The van der Waals surface area contributed by atoms with E-state index in [0.29, 0.717) is 12.1 Å². The Balaban J connectivity index is 1.32. The number of aromatic carboxylic acids is 1. The number of fused-ring (bicyclic) bond motifs is 1. The van der Waals surface area contributed by atoms with Crippen LogP contribution < -0.4 is 10.1 Å². The second kappa shape index (κ2) is 9.69. The molecule has 0 spiro atoms. The molecule has 0 radical (unpaired) electrons. The van der Waals surface area contributed by atoms with E-state index in [4.69, 9.17) is 21.4 Å². The molecule has 0 aliphatic carbocycles. The van der Waals surface area contributed by atoms with Gasteiger partial charge in [-0.15, -0.1) is 0 Å². The Morgan fingerprint density at radius 1 is 1.12 bits per heavy atom. The maximum absolute atomic E-state index is 13.6. The van der Waals surface area contributed by atoms with Gasteiger partial charge in [0.1, 0.15) is 17.7 Å². The zero-order valence-electron chi connectivity index (χ0n) is 17.2. The van der Waals surface area contributed by atoms with Crippen molar-refractivity contribution in [2.24, 2.45) is 0 Å². The fraction of sp³-hybridized carbons (Fsp3) is 0.240. The van der Waals surface area contributed by atoms with Crippen LogP contribution in [0.25, 0.3) is 11.1 Å². The number of nitrogens with one attached hydrogen (secondary N) is 1. The van der Waals surface area contributed by atoms with Crippen LogP contribution in [-0.2, 0) is 6.42 Å². The summed E-state index contributed by atoms with van der Waals surface area (Å²) in [6.45, 7) is 0.837. The molecule has 0 unspecified atom stereocenters. The van der Waals surface area contributed by atoms with Crippen molar-refractivity contribution in [3.63, 3.8) is 0 Å². The van der Waals surface area contributed by atoms with E-state index in [1.807, 2.05) is 12.1 Å². The predicted octanol–water partition coefficient (Wildman–Crippen LogP) is 4.86. The van der Waals surface area contributed by atoms with Gasteiger partial charge in [0.05, 0.1) is 16.7 Å². The summed E-state index contributed by atoms with van der Waals surface area (Å²) in [6, 6.07) is 17.1. The van der Waals surface area contributed by atoms with Crippen LogP contribution >= 0.6 is 11.6 Å². The molecule has 3 N–H and O–H groups in total. The number of aliphatic hydroxyl groups excluding tert-OH is 1. The Kier molecular flexibility index (Phi) is 6.74. The SMILES string of the molecule is O=C(O)c1ccc(-c2ccc3c(c2)CC[C@H](CNC[C@@H](O)c2ccc(Cl)c(F)c2)O3)cc1. The van der Waals surface area contributed by atoms with E-state index < -0.39 is 17.9 Å². The summed E-state index contributed by atoms with van der Waals surface area (Å²) >= 11 is 5.68. The molecular weight excluding hydrogens is 433 g/mol. The number of hydrogen-bond acceptors (Lipinski definition) is 4. The van der Waals surface area contributed by atoms with Gasteiger partial charge in [-0.1, -0.05) is 35.9 Å². The van der Waals surface area contributed by atoms with Gasteiger partial charge in [0.15, 0.2) is 0 Å². The molecule has 3 aromatic rings. The maximum Gasteiger partial charge on any atom is 0.335 e. The van der Waals surface area contributed by atoms with E-state index in [0.717, 1.165) is 35.3 Å². The molecule has 0 saturated heterocycles. The van der Waals surface area contributed by atoms with Crippen molar-refractivity contribution in [3.05, 3.63) is 88.2 Å². The van der Waals surface area contributed by atoms with E-state index in [1.54, 1.807) is 30.3 Å². The van der Waals surface area contributed by atoms with Gasteiger partial charge in [-0.25, -0.2) is 9.18 Å². The van der Waals surface area contributed by atoms with E-state index in [2.05, 4.69) is 11.4 Å². The number of benzene rings is 3. The number of ether oxygens (including phenoxy) is 1. The lowest BCUT2D eigenvalue weighted by Crippen LogP contribution is -2.36. The molecule has 166 valence electrons. The van der Waals surface area contributed by atoms with Crippen molar-refractivity contribution < 1.29 is 24.1 Å². The molecule has 0 bridgehead atoms. The third kappa shape index (κ3) is 5.10. The van der Waals surface area contributed by atoms with Crippen LogP contribution in [-0.4, -0.2) is 35.4 Å². The van der Waals surface area contributed by atoms with Crippen LogP contribution in [0.4, 0.5) is 4.39 Å². The highest BCUT2D eigenvalue weighted by atomic mass is 35.5. The molecule has 2 atom stereocenters. The first-order valence-corrected chi connectivity index (χ1v) is 10.8. The summed E-state index contributed by atoms with van der Waals surface area (Å²) in [5.74, 6) is -0.662. The molecule has 1 aliphatic heterocycles. The molecule has 1 aliphatic rings. The van der Waals surface area contributed by atoms with E-state index in [1.165, 1.54) is 12.1 Å². The van der Waals surface area contributed by atoms with Crippen LogP contribution in [0.15, 0.2) is 60.7 Å². The molecule has 3 aromatic carbocycles. The van der Waals surface area contributed by atoms with Gasteiger partial charge >= 0.3 is 5.97 Å². The zero-order chi connectivity index (χ0) is 22.7. The van der Waals surface area contributed by atoms with Crippen molar-refractivity contribution in [1.82, 2.24) is 5.32 Å². The first-order chi connectivity index (χ1) is 15.4. The average molecular weight is 456 g/mol. The number of carbonyl (C=O) groups is 1. The fourth-order valence-electron chi connectivity index (χ4n) is 3.79. The standard InChI is InChI=1S/C25H23ClFNO4/c26-21-9-6-18(12-22(21)27)23(29)14-28-13-20-8-5-19-11-17(7-10-24(19)32-20)15-1-3-16(4-2-15)25(30)31/h1-4,6-7,9-12,20,23,28-29H,5,8,13-14H2,(H,30,31)/t20-,23-/m1/s1. The van der Waals surface area contributed by atoms with Crippen LogP contribution in [0.2, 0.25) is 5.02 Å². The van der Waals surface area contributed by atoms with Gasteiger partial charge in [0.25, 0.3) is 0 Å². The number of carboxylic acids is 1. The summed E-state index contributed by atoms with van der Waals surface area (Å²) in [5, 5.41) is 22.5. The first kappa shape index (κ1) is 22.3. The third-order valence-electron chi connectivity index (χ3n) is 5.59. The average Bonchev–Trinajstić information content (AvgIpc) is 2.80. The molecule has 0 aromatic heterocycles. The predicted molar refractivity (Wildman–Crippen MR) is 121 cm³/mol. The minimum atomic E-state index is -0.942. The lowest BCUT2D eigenvalue weighted by atomic mass is 9.96. The maximum atomic E-state index is 13.6. The summed E-state index contributed by atoms with van der Waals surface area (Å²) in [4.78, 5) is 11.0.